The molecule has 0 aromatic rings. The molecule has 0 aromatic heterocycles. The highest BCUT2D eigenvalue weighted by molar-refractivity contribution is 7.47. The lowest BCUT2D eigenvalue weighted by Gasteiger charge is -2.25. The van der Waals surface area contributed by atoms with Gasteiger partial charge in [0.1, 0.15) is 13.2 Å². The SMILES string of the molecule is CCCCCCCCC/C=C/[C@@H](O)[C@H](COP(=O)(O)OCC[N+](C)(C)C)NC(=O)CCCCCCCCCCCCCCCCC. The van der Waals surface area contributed by atoms with E-state index in [2.05, 4.69) is 19.2 Å². The molecule has 0 aliphatic carbocycles. The number of aliphatic hydroxyl groups excluding tert-OH is 1. The molecule has 0 saturated heterocycles. The van der Waals surface area contributed by atoms with Gasteiger partial charge >= 0.3 is 7.82 Å². The number of hydrogen-bond donors (Lipinski definition) is 3. The van der Waals surface area contributed by atoms with Crippen molar-refractivity contribution >= 4 is 13.7 Å². The summed E-state index contributed by atoms with van der Waals surface area (Å²) < 4.78 is 23.4. The fourth-order valence-electron chi connectivity index (χ4n) is 5.39. The number of phosphoric acid groups is 1. The van der Waals surface area contributed by atoms with Crippen LogP contribution >= 0.6 is 7.82 Å². The minimum absolute atomic E-state index is 0.0639. The van der Waals surface area contributed by atoms with Crippen molar-refractivity contribution in [1.82, 2.24) is 5.32 Å². The summed E-state index contributed by atoms with van der Waals surface area (Å²) in [4.78, 5) is 22.9. The predicted octanol–water partition coefficient (Wildman–Crippen LogP) is 9.63. The fourth-order valence-corrected chi connectivity index (χ4v) is 6.13. The van der Waals surface area contributed by atoms with Gasteiger partial charge in [0.15, 0.2) is 0 Å². The molecule has 0 spiro atoms. The zero-order chi connectivity index (χ0) is 34.4. The number of carbonyl (C=O) groups excluding carboxylic acids is 1. The largest absolute Gasteiger partial charge is 0.472 e. The first kappa shape index (κ1) is 45.2. The molecule has 0 heterocycles. The number of hydrogen-bond acceptors (Lipinski definition) is 5. The number of aliphatic hydroxyl groups is 1. The number of nitrogens with zero attached hydrogens (tertiary/aromatic N) is 1. The van der Waals surface area contributed by atoms with Crippen LogP contribution in [-0.2, 0) is 18.4 Å². The molecule has 0 aliphatic heterocycles. The number of amides is 1. The van der Waals surface area contributed by atoms with Crippen LogP contribution in [0.2, 0.25) is 0 Å². The van der Waals surface area contributed by atoms with E-state index in [9.17, 15) is 19.4 Å². The van der Waals surface area contributed by atoms with Crippen LogP contribution in [0, 0.1) is 0 Å². The molecule has 8 nitrogen and oxygen atoms in total. The van der Waals surface area contributed by atoms with Gasteiger partial charge in [-0.3, -0.25) is 13.8 Å². The van der Waals surface area contributed by atoms with Gasteiger partial charge in [0.2, 0.25) is 5.91 Å². The van der Waals surface area contributed by atoms with Crippen molar-refractivity contribution in [2.75, 3.05) is 40.9 Å². The van der Waals surface area contributed by atoms with Crippen LogP contribution in [0.15, 0.2) is 12.2 Å². The summed E-state index contributed by atoms with van der Waals surface area (Å²) in [6.45, 7) is 4.77. The molecule has 9 heteroatoms. The number of nitrogens with one attached hydrogen (secondary N) is 1. The number of rotatable bonds is 34. The molecule has 3 atom stereocenters. The lowest BCUT2D eigenvalue weighted by molar-refractivity contribution is -0.870. The summed E-state index contributed by atoms with van der Waals surface area (Å²) in [5.74, 6) is -0.179. The van der Waals surface area contributed by atoms with Crippen LogP contribution in [0.3, 0.4) is 0 Å². The van der Waals surface area contributed by atoms with Crippen LogP contribution in [0.1, 0.15) is 168 Å². The second-order valence-corrected chi connectivity index (χ2v) is 15.8. The van der Waals surface area contributed by atoms with Crippen LogP contribution in [-0.4, -0.2) is 73.4 Å². The quantitative estimate of drug-likeness (QED) is 0.0272. The van der Waals surface area contributed by atoms with Crippen molar-refractivity contribution in [1.29, 1.82) is 0 Å². The molecule has 0 radical (unpaired) electrons. The van der Waals surface area contributed by atoms with E-state index in [-0.39, 0.29) is 19.1 Å². The zero-order valence-corrected chi connectivity index (χ0v) is 31.7. The fraction of sp³-hybridized carbons (Fsp3) is 0.919. The predicted molar refractivity (Wildman–Crippen MR) is 194 cm³/mol. The molecular weight excluding hydrogens is 599 g/mol. The van der Waals surface area contributed by atoms with Gasteiger partial charge in [-0.15, -0.1) is 0 Å². The molecule has 0 saturated carbocycles. The highest BCUT2D eigenvalue weighted by Crippen LogP contribution is 2.43. The Bertz CT molecular complexity index is 773. The third-order valence-corrected chi connectivity index (χ3v) is 9.49. The molecule has 46 heavy (non-hydrogen) atoms. The van der Waals surface area contributed by atoms with Crippen molar-refractivity contribution in [3.8, 4) is 0 Å². The van der Waals surface area contributed by atoms with Crippen LogP contribution in [0.25, 0.3) is 0 Å². The van der Waals surface area contributed by atoms with Gasteiger partial charge in [-0.25, -0.2) is 4.57 Å². The molecule has 0 aliphatic rings. The van der Waals surface area contributed by atoms with Gasteiger partial charge < -0.3 is 19.8 Å². The maximum Gasteiger partial charge on any atom is 0.472 e. The van der Waals surface area contributed by atoms with E-state index in [1.165, 1.54) is 109 Å². The molecule has 3 N–H and O–H groups in total. The highest BCUT2D eigenvalue weighted by atomic mass is 31.2. The van der Waals surface area contributed by atoms with Crippen LogP contribution < -0.4 is 5.32 Å². The zero-order valence-electron chi connectivity index (χ0n) is 30.8. The molecule has 0 aromatic carbocycles. The second-order valence-electron chi connectivity index (χ2n) is 14.3. The van der Waals surface area contributed by atoms with E-state index in [4.69, 9.17) is 9.05 Å². The first-order valence-electron chi connectivity index (χ1n) is 19.1. The van der Waals surface area contributed by atoms with E-state index in [1.807, 2.05) is 27.2 Å². The number of quaternary nitrogens is 1. The summed E-state index contributed by atoms with van der Waals surface area (Å²) in [6.07, 6.45) is 31.3. The third-order valence-electron chi connectivity index (χ3n) is 8.51. The molecular formula is C37H76N2O6P+. The van der Waals surface area contributed by atoms with Crippen molar-refractivity contribution in [2.24, 2.45) is 0 Å². The molecule has 1 amide bonds. The Morgan fingerprint density at radius 1 is 0.717 bits per heavy atom. The van der Waals surface area contributed by atoms with E-state index < -0.39 is 20.0 Å². The van der Waals surface area contributed by atoms with Gasteiger partial charge in [0.25, 0.3) is 0 Å². The van der Waals surface area contributed by atoms with Crippen molar-refractivity contribution in [2.45, 2.75) is 180 Å². The number of likely N-dealkylation sites (N-methyl/N-ethyl adjacent to an activating group) is 1. The van der Waals surface area contributed by atoms with E-state index in [0.29, 0.717) is 17.4 Å². The van der Waals surface area contributed by atoms with E-state index >= 15 is 0 Å². The summed E-state index contributed by atoms with van der Waals surface area (Å²) in [7, 11) is 1.57. The lowest BCUT2D eigenvalue weighted by Crippen LogP contribution is -2.45. The molecule has 0 rings (SSSR count). The summed E-state index contributed by atoms with van der Waals surface area (Å²) in [5.41, 5.74) is 0. The monoisotopic (exact) mass is 676 g/mol. The Hall–Kier alpha value is -0.760. The maximum atomic E-state index is 12.8. The Balaban J connectivity index is 4.44. The normalized spacial score (nSPS) is 14.8. The summed E-state index contributed by atoms with van der Waals surface area (Å²) >= 11 is 0. The third kappa shape index (κ3) is 31.8. The Kier molecular flexibility index (Phi) is 29.8. The number of carbonyl (C=O) groups is 1. The van der Waals surface area contributed by atoms with Gasteiger partial charge in [0, 0.05) is 6.42 Å². The topological polar surface area (TPSA) is 105 Å². The molecule has 1 unspecified atom stereocenters. The van der Waals surface area contributed by atoms with E-state index in [1.54, 1.807) is 6.08 Å². The number of phosphoric ester groups is 1. The molecule has 0 fully saturated rings. The van der Waals surface area contributed by atoms with Crippen LogP contribution in [0.5, 0.6) is 0 Å². The standard InChI is InChI=1S/C37H75N2O6P/c1-6-8-10-12-14-16-17-18-19-20-21-23-25-27-29-31-37(41)38-35(34-45-46(42,43)44-33-32-39(3,4)5)36(40)30-28-26-24-22-15-13-11-9-7-2/h28,30,35-36,40H,6-27,29,31-34H2,1-5H3,(H-,38,41,42,43)/p+1/b30-28+/t35-,36+/m0/s1. The van der Waals surface area contributed by atoms with Crippen molar-refractivity contribution in [3.63, 3.8) is 0 Å². The highest BCUT2D eigenvalue weighted by Gasteiger charge is 2.27. The minimum Gasteiger partial charge on any atom is -0.387 e. The van der Waals surface area contributed by atoms with Crippen molar-refractivity contribution < 1.29 is 32.9 Å². The smallest absolute Gasteiger partial charge is 0.387 e. The van der Waals surface area contributed by atoms with Crippen LogP contribution in [0.4, 0.5) is 0 Å². The first-order valence-corrected chi connectivity index (χ1v) is 20.6. The van der Waals surface area contributed by atoms with Gasteiger partial charge in [-0.05, 0) is 19.3 Å². The average Bonchev–Trinajstić information content (AvgIpc) is 2.99. The first-order chi connectivity index (χ1) is 22.0. The van der Waals surface area contributed by atoms with Gasteiger partial charge in [-0.1, -0.05) is 154 Å². The van der Waals surface area contributed by atoms with E-state index in [0.717, 1.165) is 38.5 Å². The Morgan fingerprint density at radius 3 is 1.61 bits per heavy atom. The Morgan fingerprint density at radius 2 is 1.15 bits per heavy atom. The van der Waals surface area contributed by atoms with Crippen molar-refractivity contribution in [3.05, 3.63) is 12.2 Å². The molecule has 0 bridgehead atoms. The van der Waals surface area contributed by atoms with Gasteiger partial charge in [0.05, 0.1) is 39.9 Å². The number of unbranched alkanes of at least 4 members (excludes halogenated alkanes) is 21. The number of allylic oxidation sites excluding steroid dienone is 1. The Labute approximate surface area is 284 Å². The summed E-state index contributed by atoms with van der Waals surface area (Å²) in [5, 5.41) is 13.7. The summed E-state index contributed by atoms with van der Waals surface area (Å²) in [6, 6.07) is -0.836. The molecule has 274 valence electrons. The minimum atomic E-state index is -4.32. The second kappa shape index (κ2) is 30.3. The van der Waals surface area contributed by atoms with Gasteiger partial charge in [-0.2, -0.15) is 0 Å². The lowest BCUT2D eigenvalue weighted by atomic mass is 10.0. The average molecular weight is 676 g/mol. The maximum absolute atomic E-state index is 12.8.